The van der Waals surface area contributed by atoms with Gasteiger partial charge in [-0.05, 0) is 26.2 Å². The van der Waals surface area contributed by atoms with Gasteiger partial charge in [-0.15, -0.1) is 11.3 Å². The molecule has 1 aromatic heterocycles. The normalized spacial score (nSPS) is 30.2. The number of likely N-dealkylation sites (tertiary alicyclic amines) is 1. The van der Waals surface area contributed by atoms with E-state index in [0.717, 1.165) is 38.0 Å². The summed E-state index contributed by atoms with van der Waals surface area (Å²) in [4.78, 5) is 19.8. The van der Waals surface area contributed by atoms with Gasteiger partial charge in [-0.25, -0.2) is 4.98 Å². The number of nitrogens with one attached hydrogen (secondary N) is 1. The Hall–Kier alpha value is -0.980. The molecule has 3 rings (SSSR count). The van der Waals surface area contributed by atoms with Crippen molar-refractivity contribution in [1.82, 2.24) is 15.2 Å². The van der Waals surface area contributed by atoms with Gasteiger partial charge >= 0.3 is 0 Å². The van der Waals surface area contributed by atoms with Crippen LogP contribution in [0.3, 0.4) is 0 Å². The molecule has 0 spiro atoms. The molecule has 0 bridgehead atoms. The van der Waals surface area contributed by atoms with E-state index >= 15 is 0 Å². The van der Waals surface area contributed by atoms with Crippen molar-refractivity contribution in [2.45, 2.75) is 51.0 Å². The van der Waals surface area contributed by atoms with E-state index < -0.39 is 0 Å². The number of carbonyl (C=O) groups is 1. The van der Waals surface area contributed by atoms with Gasteiger partial charge in [-0.3, -0.25) is 9.69 Å². The minimum atomic E-state index is -0.258. The van der Waals surface area contributed by atoms with Gasteiger partial charge in [0.1, 0.15) is 6.10 Å². The lowest BCUT2D eigenvalue weighted by Crippen LogP contribution is -2.47. The van der Waals surface area contributed by atoms with Crippen LogP contribution in [0.25, 0.3) is 0 Å². The number of thiazole rings is 1. The van der Waals surface area contributed by atoms with Gasteiger partial charge in [0.25, 0.3) is 0 Å². The molecule has 110 valence electrons. The molecule has 3 atom stereocenters. The quantitative estimate of drug-likeness (QED) is 0.914. The molecule has 2 aliphatic heterocycles. The van der Waals surface area contributed by atoms with Crippen molar-refractivity contribution in [2.75, 3.05) is 13.6 Å². The molecule has 1 N–H and O–H groups in total. The van der Waals surface area contributed by atoms with E-state index in [2.05, 4.69) is 22.1 Å². The summed E-state index contributed by atoms with van der Waals surface area (Å²) < 4.78 is 5.98. The maximum absolute atomic E-state index is 11.7. The Balaban J connectivity index is 1.62. The standard InChI is InChI=1S/C14H21N3O2S/c1-9-13(20-8-16-9)7-17-6-5-11-10(17)3-4-12(19-11)14(18)15-2/h8,10-12H,3-7H2,1-2H3,(H,15,18)/t10-,11-,12+/m0/s1. The number of fused-ring (bicyclic) bond motifs is 1. The van der Waals surface area contributed by atoms with Crippen LogP contribution >= 0.6 is 11.3 Å². The van der Waals surface area contributed by atoms with Crippen LogP contribution in [0.2, 0.25) is 0 Å². The second kappa shape index (κ2) is 5.79. The highest BCUT2D eigenvalue weighted by Gasteiger charge is 2.41. The number of aryl methyl sites for hydroxylation is 1. The number of aromatic nitrogens is 1. The maximum Gasteiger partial charge on any atom is 0.248 e. The number of carbonyl (C=O) groups excluding carboxylic acids is 1. The van der Waals surface area contributed by atoms with E-state index in [1.165, 1.54) is 4.88 Å². The van der Waals surface area contributed by atoms with Crippen molar-refractivity contribution in [2.24, 2.45) is 0 Å². The molecule has 2 saturated heterocycles. The van der Waals surface area contributed by atoms with E-state index in [0.29, 0.717) is 6.04 Å². The van der Waals surface area contributed by atoms with Crippen LogP contribution in [0.1, 0.15) is 29.8 Å². The Morgan fingerprint density at radius 2 is 2.40 bits per heavy atom. The molecule has 0 radical (unpaired) electrons. The molecule has 0 aliphatic carbocycles. The van der Waals surface area contributed by atoms with Crippen LogP contribution in [0.5, 0.6) is 0 Å². The molecular weight excluding hydrogens is 274 g/mol. The zero-order chi connectivity index (χ0) is 14.1. The first-order valence-corrected chi connectivity index (χ1v) is 8.07. The van der Waals surface area contributed by atoms with Gasteiger partial charge in [0.2, 0.25) is 5.91 Å². The summed E-state index contributed by atoms with van der Waals surface area (Å²) in [5.41, 5.74) is 3.05. The Kier molecular flexibility index (Phi) is 4.05. The van der Waals surface area contributed by atoms with Gasteiger partial charge in [0, 0.05) is 31.1 Å². The van der Waals surface area contributed by atoms with Crippen molar-refractivity contribution in [3.05, 3.63) is 16.1 Å². The Morgan fingerprint density at radius 3 is 3.10 bits per heavy atom. The van der Waals surface area contributed by atoms with Gasteiger partial charge in [0.05, 0.1) is 17.3 Å². The number of hydrogen-bond donors (Lipinski definition) is 1. The first kappa shape index (κ1) is 14.0. The minimum Gasteiger partial charge on any atom is -0.363 e. The summed E-state index contributed by atoms with van der Waals surface area (Å²) in [6.45, 7) is 4.08. The number of ether oxygens (including phenoxy) is 1. The Morgan fingerprint density at radius 1 is 1.55 bits per heavy atom. The summed E-state index contributed by atoms with van der Waals surface area (Å²) in [6, 6.07) is 0.456. The smallest absolute Gasteiger partial charge is 0.248 e. The van der Waals surface area contributed by atoms with E-state index in [-0.39, 0.29) is 18.1 Å². The Bertz CT molecular complexity index is 491. The SMILES string of the molecule is CNC(=O)[C@H]1CC[C@H]2[C@H](CCN2Cc2scnc2C)O1. The van der Waals surface area contributed by atoms with Gasteiger partial charge < -0.3 is 10.1 Å². The van der Waals surface area contributed by atoms with E-state index in [1.54, 1.807) is 18.4 Å². The van der Waals surface area contributed by atoms with Crippen molar-refractivity contribution in [3.63, 3.8) is 0 Å². The molecule has 0 saturated carbocycles. The number of hydrogen-bond acceptors (Lipinski definition) is 5. The molecule has 2 aliphatic rings. The third-order valence-corrected chi connectivity index (χ3v) is 5.31. The highest BCUT2D eigenvalue weighted by Crippen LogP contribution is 2.33. The van der Waals surface area contributed by atoms with E-state index in [4.69, 9.17) is 4.74 Å². The fourth-order valence-corrected chi connectivity index (χ4v) is 4.03. The van der Waals surface area contributed by atoms with Gasteiger partial charge in [0.15, 0.2) is 0 Å². The average Bonchev–Trinajstić information content (AvgIpc) is 3.05. The molecule has 20 heavy (non-hydrogen) atoms. The number of likely N-dealkylation sites (N-methyl/N-ethyl adjacent to an activating group) is 1. The number of nitrogens with zero attached hydrogens (tertiary/aromatic N) is 2. The van der Waals surface area contributed by atoms with Crippen LogP contribution in [0, 0.1) is 6.92 Å². The summed E-state index contributed by atoms with van der Waals surface area (Å²) >= 11 is 1.73. The highest BCUT2D eigenvalue weighted by atomic mass is 32.1. The second-order valence-electron chi connectivity index (χ2n) is 5.54. The number of amides is 1. The fraction of sp³-hybridized carbons (Fsp3) is 0.714. The molecule has 0 unspecified atom stereocenters. The third kappa shape index (κ3) is 2.60. The summed E-state index contributed by atoms with van der Waals surface area (Å²) in [5.74, 6) is 0.0141. The molecule has 1 amide bonds. The van der Waals surface area contributed by atoms with E-state index in [1.807, 2.05) is 5.51 Å². The van der Waals surface area contributed by atoms with Gasteiger partial charge in [-0.1, -0.05) is 0 Å². The van der Waals surface area contributed by atoms with Crippen LogP contribution in [0.15, 0.2) is 5.51 Å². The predicted octanol–water partition coefficient (Wildman–Crippen LogP) is 1.32. The Labute approximate surface area is 123 Å². The summed E-state index contributed by atoms with van der Waals surface area (Å²) in [5, 5.41) is 2.69. The van der Waals surface area contributed by atoms with Crippen molar-refractivity contribution in [3.8, 4) is 0 Å². The molecule has 6 heteroatoms. The molecule has 2 fully saturated rings. The van der Waals surface area contributed by atoms with Gasteiger partial charge in [-0.2, -0.15) is 0 Å². The van der Waals surface area contributed by atoms with Crippen molar-refractivity contribution < 1.29 is 9.53 Å². The zero-order valence-corrected chi connectivity index (χ0v) is 12.8. The minimum absolute atomic E-state index is 0.0141. The first-order chi connectivity index (χ1) is 9.69. The molecular formula is C14H21N3O2S. The molecule has 5 nitrogen and oxygen atoms in total. The lowest BCUT2D eigenvalue weighted by Gasteiger charge is -2.35. The predicted molar refractivity (Wildman–Crippen MR) is 77.6 cm³/mol. The fourth-order valence-electron chi connectivity index (χ4n) is 3.23. The van der Waals surface area contributed by atoms with Crippen LogP contribution in [-0.4, -0.2) is 47.6 Å². The molecule has 3 heterocycles. The lowest BCUT2D eigenvalue weighted by atomic mass is 9.98. The lowest BCUT2D eigenvalue weighted by molar-refractivity contribution is -0.143. The van der Waals surface area contributed by atoms with Crippen molar-refractivity contribution >= 4 is 17.2 Å². The van der Waals surface area contributed by atoms with Crippen LogP contribution in [0.4, 0.5) is 0 Å². The van der Waals surface area contributed by atoms with Crippen LogP contribution < -0.4 is 5.32 Å². The monoisotopic (exact) mass is 295 g/mol. The highest BCUT2D eigenvalue weighted by molar-refractivity contribution is 7.09. The second-order valence-corrected chi connectivity index (χ2v) is 6.48. The topological polar surface area (TPSA) is 54.5 Å². The summed E-state index contributed by atoms with van der Waals surface area (Å²) in [7, 11) is 1.67. The molecule has 0 aromatic carbocycles. The van der Waals surface area contributed by atoms with Crippen LogP contribution in [-0.2, 0) is 16.1 Å². The maximum atomic E-state index is 11.7. The number of rotatable bonds is 3. The zero-order valence-electron chi connectivity index (χ0n) is 12.0. The first-order valence-electron chi connectivity index (χ1n) is 7.19. The largest absolute Gasteiger partial charge is 0.363 e. The van der Waals surface area contributed by atoms with E-state index in [9.17, 15) is 4.79 Å². The van der Waals surface area contributed by atoms with Crippen molar-refractivity contribution in [1.29, 1.82) is 0 Å². The summed E-state index contributed by atoms with van der Waals surface area (Å²) in [6.07, 6.45) is 2.83. The molecule has 1 aromatic rings. The average molecular weight is 295 g/mol. The third-order valence-electron chi connectivity index (χ3n) is 4.39.